The molecule has 0 atom stereocenters. The van der Waals surface area contributed by atoms with Crippen molar-refractivity contribution >= 4 is 0 Å². The minimum Gasteiger partial charge on any atom is -0.361 e. The Morgan fingerprint density at radius 2 is 1.93 bits per heavy atom. The first-order valence-electron chi connectivity index (χ1n) is 11.1. The van der Waals surface area contributed by atoms with E-state index in [9.17, 15) is 4.39 Å². The van der Waals surface area contributed by atoms with Crippen LogP contribution in [0.4, 0.5) is 4.39 Å². The van der Waals surface area contributed by atoms with Gasteiger partial charge in [0.25, 0.3) is 0 Å². The molecule has 1 aromatic carbocycles. The number of hydrogen-bond donors (Lipinski definition) is 1. The molecule has 1 aliphatic carbocycles. The van der Waals surface area contributed by atoms with E-state index in [-0.39, 0.29) is 5.82 Å². The summed E-state index contributed by atoms with van der Waals surface area (Å²) in [6, 6.07) is 5.65. The van der Waals surface area contributed by atoms with Gasteiger partial charge in [0.1, 0.15) is 11.6 Å². The summed E-state index contributed by atoms with van der Waals surface area (Å²) in [7, 11) is 0. The molecule has 1 saturated heterocycles. The molecule has 1 fully saturated rings. The summed E-state index contributed by atoms with van der Waals surface area (Å²) in [5.41, 5.74) is 4.59. The second kappa shape index (κ2) is 10.8. The van der Waals surface area contributed by atoms with Crippen LogP contribution in [-0.4, -0.2) is 18.2 Å². The summed E-state index contributed by atoms with van der Waals surface area (Å²) >= 11 is 0. The Morgan fingerprint density at radius 1 is 1.14 bits per heavy atom. The molecule has 0 unspecified atom stereocenters. The maximum Gasteiger partial charge on any atom is 0.140 e. The van der Waals surface area contributed by atoms with Crippen LogP contribution >= 0.6 is 0 Å². The maximum atomic E-state index is 13.3. The van der Waals surface area contributed by atoms with Crippen molar-refractivity contribution in [2.24, 2.45) is 0 Å². The van der Waals surface area contributed by atoms with Crippen LogP contribution in [0, 0.1) is 12.7 Å². The van der Waals surface area contributed by atoms with Gasteiger partial charge in [-0.05, 0) is 88.1 Å². The van der Waals surface area contributed by atoms with Gasteiger partial charge in [-0.25, -0.2) is 4.39 Å². The highest BCUT2D eigenvalue weighted by Crippen LogP contribution is 2.26. The molecule has 0 spiro atoms. The van der Waals surface area contributed by atoms with E-state index >= 15 is 0 Å². The smallest absolute Gasteiger partial charge is 0.140 e. The van der Waals surface area contributed by atoms with Gasteiger partial charge in [-0.15, -0.1) is 0 Å². The van der Waals surface area contributed by atoms with Gasteiger partial charge < -0.3 is 9.84 Å². The Bertz CT molecular complexity index is 734. The molecule has 1 aromatic heterocycles. The number of aryl methyl sites for hydroxylation is 3. The van der Waals surface area contributed by atoms with Gasteiger partial charge in [-0.2, -0.15) is 0 Å². The summed E-state index contributed by atoms with van der Waals surface area (Å²) in [5, 5.41) is 7.51. The lowest BCUT2D eigenvalue weighted by atomic mass is 9.90. The van der Waals surface area contributed by atoms with Crippen LogP contribution in [-0.2, 0) is 19.3 Å². The minimum absolute atomic E-state index is 0.0685. The molecule has 1 N–H and O–H groups in total. The highest BCUT2D eigenvalue weighted by molar-refractivity contribution is 5.26. The number of nitrogens with zero attached hydrogens (tertiary/aromatic N) is 1. The number of hydrogen-bond acceptors (Lipinski definition) is 3. The number of halogens is 1. The average molecular weight is 387 g/mol. The first-order chi connectivity index (χ1) is 13.7. The Morgan fingerprint density at radius 3 is 2.68 bits per heavy atom. The number of unbranched alkanes of at least 4 members (excludes halogenated alkanes) is 1. The molecule has 28 heavy (non-hydrogen) atoms. The molecule has 2 aromatic rings. The monoisotopic (exact) mass is 386 g/mol. The summed E-state index contributed by atoms with van der Waals surface area (Å²) in [4.78, 5) is 0. The number of nitrogens with one attached hydrogen (secondary N) is 1. The lowest BCUT2D eigenvalue weighted by Gasteiger charge is -2.23. The zero-order chi connectivity index (χ0) is 19.8. The predicted molar refractivity (Wildman–Crippen MR) is 112 cm³/mol. The van der Waals surface area contributed by atoms with Crippen LogP contribution in [0.5, 0.6) is 0 Å². The number of fused-ring (bicyclic) bond motifs is 1. The zero-order valence-electron chi connectivity index (χ0n) is 17.5. The third-order valence-electron chi connectivity index (χ3n) is 6.06. The molecule has 2 aliphatic rings. The average Bonchev–Trinajstić information content (AvgIpc) is 2.95. The predicted octanol–water partition coefficient (Wildman–Crippen LogP) is 5.89. The first kappa shape index (κ1) is 21.0. The largest absolute Gasteiger partial charge is 0.361 e. The van der Waals surface area contributed by atoms with E-state index in [1.54, 1.807) is 6.07 Å². The molecule has 4 rings (SSSR count). The number of rotatable bonds is 4. The number of aromatic nitrogens is 1. The second-order valence-electron chi connectivity index (χ2n) is 8.23. The summed E-state index contributed by atoms with van der Waals surface area (Å²) in [6.07, 6.45) is 12.1. The normalized spacial score (nSPS) is 17.4. The van der Waals surface area contributed by atoms with E-state index in [0.717, 1.165) is 49.9 Å². The highest BCUT2D eigenvalue weighted by Gasteiger charge is 2.17. The van der Waals surface area contributed by atoms with E-state index in [2.05, 4.69) is 23.5 Å². The van der Waals surface area contributed by atoms with Crippen molar-refractivity contribution < 1.29 is 8.91 Å². The molecule has 0 radical (unpaired) electrons. The second-order valence-corrected chi connectivity index (χ2v) is 8.23. The molecule has 0 bridgehead atoms. The van der Waals surface area contributed by atoms with E-state index in [0.29, 0.717) is 5.92 Å². The van der Waals surface area contributed by atoms with Gasteiger partial charge in [0.05, 0.1) is 5.69 Å². The lowest BCUT2D eigenvalue weighted by molar-refractivity contribution is 0.371. The Kier molecular flexibility index (Phi) is 8.08. The van der Waals surface area contributed by atoms with Crippen LogP contribution in [0.25, 0.3) is 0 Å². The molecule has 2 heterocycles. The summed E-state index contributed by atoms with van der Waals surface area (Å²) < 4.78 is 18.7. The van der Waals surface area contributed by atoms with Crippen LogP contribution < -0.4 is 5.32 Å². The fourth-order valence-corrected chi connectivity index (χ4v) is 4.18. The fraction of sp³-hybridized carbons (Fsp3) is 0.625. The van der Waals surface area contributed by atoms with Gasteiger partial charge in [0.2, 0.25) is 0 Å². The third kappa shape index (κ3) is 5.66. The standard InChI is InChI=1S/C12H16FN.C12H19NO/c1-9-2-3-11(8-12(9)13)10-4-6-14-7-5-10;1-2-3-9-12-10-7-5-4-6-8-11(10)13-14-12/h2-3,8,10,14H,4-7H2,1H3;2-9H2,1H3. The Balaban J connectivity index is 0.000000161. The molecule has 0 amide bonds. The SMILES string of the molecule is CCCCc1onc2c1CCCCC2.Cc1ccc(C2CCNCC2)cc1F. The molecular weight excluding hydrogens is 351 g/mol. The van der Waals surface area contributed by atoms with Gasteiger partial charge in [0.15, 0.2) is 0 Å². The summed E-state index contributed by atoms with van der Waals surface area (Å²) in [6.45, 7) is 6.14. The third-order valence-corrected chi connectivity index (χ3v) is 6.06. The molecule has 154 valence electrons. The fourth-order valence-electron chi connectivity index (χ4n) is 4.18. The van der Waals surface area contributed by atoms with Crippen molar-refractivity contribution in [3.63, 3.8) is 0 Å². The lowest BCUT2D eigenvalue weighted by Crippen LogP contribution is -2.26. The van der Waals surface area contributed by atoms with Crippen molar-refractivity contribution in [2.45, 2.75) is 84.0 Å². The number of piperidine rings is 1. The molecule has 3 nitrogen and oxygen atoms in total. The number of benzene rings is 1. The van der Waals surface area contributed by atoms with Gasteiger partial charge in [-0.3, -0.25) is 0 Å². The van der Waals surface area contributed by atoms with Crippen LogP contribution in [0.15, 0.2) is 22.7 Å². The molecule has 4 heteroatoms. The van der Waals surface area contributed by atoms with Gasteiger partial charge in [-0.1, -0.05) is 37.1 Å². The first-order valence-corrected chi connectivity index (χ1v) is 11.1. The van der Waals surface area contributed by atoms with Crippen molar-refractivity contribution in [3.05, 3.63) is 52.2 Å². The van der Waals surface area contributed by atoms with E-state index in [1.807, 2.05) is 13.0 Å². The molecule has 0 saturated carbocycles. The van der Waals surface area contributed by atoms with Crippen LogP contribution in [0.3, 0.4) is 0 Å². The van der Waals surface area contributed by atoms with Gasteiger partial charge in [0, 0.05) is 12.0 Å². The summed E-state index contributed by atoms with van der Waals surface area (Å²) in [5.74, 6) is 1.65. The van der Waals surface area contributed by atoms with Crippen LogP contribution in [0.1, 0.15) is 85.9 Å². The zero-order valence-corrected chi connectivity index (χ0v) is 17.5. The van der Waals surface area contributed by atoms with Crippen LogP contribution in [0.2, 0.25) is 0 Å². The minimum atomic E-state index is -0.0685. The van der Waals surface area contributed by atoms with E-state index < -0.39 is 0 Å². The van der Waals surface area contributed by atoms with E-state index in [1.165, 1.54) is 55.5 Å². The van der Waals surface area contributed by atoms with Crippen molar-refractivity contribution in [2.75, 3.05) is 13.1 Å². The molecule has 1 aliphatic heterocycles. The van der Waals surface area contributed by atoms with Gasteiger partial charge >= 0.3 is 0 Å². The van der Waals surface area contributed by atoms with Crippen molar-refractivity contribution in [1.29, 1.82) is 0 Å². The molecular formula is C24H35FN2O. The topological polar surface area (TPSA) is 38.1 Å². The van der Waals surface area contributed by atoms with Crippen molar-refractivity contribution in [3.8, 4) is 0 Å². The Labute approximate surface area is 169 Å². The maximum absolute atomic E-state index is 13.3. The highest BCUT2D eigenvalue weighted by atomic mass is 19.1. The quantitative estimate of drug-likeness (QED) is 0.666. The Hall–Kier alpha value is -1.68. The van der Waals surface area contributed by atoms with Crippen molar-refractivity contribution in [1.82, 2.24) is 10.5 Å². The van der Waals surface area contributed by atoms with E-state index in [4.69, 9.17) is 4.52 Å².